The van der Waals surface area contributed by atoms with E-state index in [0.717, 1.165) is 0 Å². The van der Waals surface area contributed by atoms with Crippen molar-refractivity contribution in [2.24, 2.45) is 10.9 Å². The molecule has 9 heavy (non-hydrogen) atoms. The number of allylic oxidation sites excluding steroid dienone is 1. The quantitative estimate of drug-likeness (QED) is 0.426. The molecule has 0 spiro atoms. The molecule has 0 bridgehead atoms. The molecule has 4 nitrogen and oxygen atoms in total. The molecular weight excluding hydrogens is 120 g/mol. The van der Waals surface area contributed by atoms with E-state index in [9.17, 15) is 9.70 Å². The molecule has 0 rings (SSSR count). The van der Waals surface area contributed by atoms with Crippen LogP contribution in [0.2, 0.25) is 0 Å². The molecule has 50 valence electrons. The molecule has 0 aliphatic heterocycles. The third-order valence-corrected chi connectivity index (χ3v) is 0.926. The smallest absolute Gasteiger partial charge is 0.313 e. The minimum atomic E-state index is -0.778. The van der Waals surface area contributed by atoms with E-state index in [1.165, 1.54) is 6.08 Å². The van der Waals surface area contributed by atoms with Crippen LogP contribution >= 0.6 is 0 Å². The van der Waals surface area contributed by atoms with Crippen LogP contribution in [0.1, 0.15) is 6.92 Å². The summed E-state index contributed by atoms with van der Waals surface area (Å²) < 4.78 is 0. The molecule has 0 saturated carbocycles. The van der Waals surface area contributed by atoms with Crippen LogP contribution in [-0.2, 0) is 4.79 Å². The first-order valence-electron chi connectivity index (χ1n) is 2.49. The monoisotopic (exact) mass is 128 g/mol. The average molecular weight is 128 g/mol. The molecule has 0 aromatic heterocycles. The van der Waals surface area contributed by atoms with Crippen LogP contribution in [0.15, 0.2) is 16.8 Å². The summed E-state index contributed by atoms with van der Waals surface area (Å²) in [4.78, 5) is 19.9. The number of hydrogen-bond acceptors (Lipinski definition) is 3. The minimum absolute atomic E-state index is 0.0705. The molecule has 2 N–H and O–H groups in total. The first-order valence-corrected chi connectivity index (χ1v) is 2.49. The second-order valence-electron chi connectivity index (χ2n) is 1.41. The Bertz CT molecular complexity index is 151. The van der Waals surface area contributed by atoms with E-state index in [2.05, 4.69) is 5.18 Å². The summed E-state index contributed by atoms with van der Waals surface area (Å²) in [5, 5.41) is 2.19. The Kier molecular flexibility index (Phi) is 3.46. The van der Waals surface area contributed by atoms with Crippen molar-refractivity contribution in [1.82, 2.24) is 0 Å². The van der Waals surface area contributed by atoms with E-state index in [4.69, 9.17) is 5.73 Å². The van der Waals surface area contributed by atoms with Gasteiger partial charge in [0, 0.05) is 17.3 Å². The van der Waals surface area contributed by atoms with Gasteiger partial charge in [-0.25, -0.2) is 0 Å². The molecule has 4 heteroatoms. The van der Waals surface area contributed by atoms with Crippen LogP contribution in [0.5, 0.6) is 0 Å². The fraction of sp³-hybridized carbons (Fsp3) is 0.400. The summed E-state index contributed by atoms with van der Waals surface area (Å²) in [5.41, 5.74) is 5.33. The van der Waals surface area contributed by atoms with Gasteiger partial charge in [-0.3, -0.25) is 4.79 Å². The van der Waals surface area contributed by atoms with Crippen LogP contribution in [0.4, 0.5) is 0 Å². The van der Waals surface area contributed by atoms with Gasteiger partial charge in [0.1, 0.15) is 0 Å². The number of nitrogens with two attached hydrogens (primary N) is 1. The summed E-state index contributed by atoms with van der Waals surface area (Å²) in [6.07, 6.45) is 1.48. The third kappa shape index (κ3) is 2.14. The highest BCUT2D eigenvalue weighted by molar-refractivity contribution is 5.94. The molecule has 0 aromatic carbocycles. The van der Waals surface area contributed by atoms with Gasteiger partial charge in [0.25, 0.3) is 0 Å². The highest BCUT2D eigenvalue weighted by Gasteiger charge is 2.04. The predicted octanol–water partition coefficient (Wildman–Crippen LogP) is 0.184. The molecule has 0 aliphatic rings. The molecule has 0 aromatic rings. The van der Waals surface area contributed by atoms with E-state index in [1.807, 2.05) is 0 Å². The SMILES string of the molecule is C/C=C(/CN)C(=O)N=O. The maximum Gasteiger partial charge on any atom is 0.313 e. The second kappa shape index (κ2) is 3.91. The lowest BCUT2D eigenvalue weighted by Gasteiger charge is -1.90. The van der Waals surface area contributed by atoms with Gasteiger partial charge in [-0.05, 0) is 6.92 Å². The molecule has 0 fully saturated rings. The minimum Gasteiger partial charge on any atom is -0.326 e. The normalized spacial score (nSPS) is 11.1. The number of nitroso groups, excluding NO2 is 1. The van der Waals surface area contributed by atoms with Crippen molar-refractivity contribution in [3.63, 3.8) is 0 Å². The summed E-state index contributed by atoms with van der Waals surface area (Å²) in [7, 11) is 0. The fourth-order valence-electron chi connectivity index (χ4n) is 0.387. The Balaban J connectivity index is 4.13. The predicted molar refractivity (Wildman–Crippen MR) is 33.6 cm³/mol. The molecule has 0 atom stereocenters. The van der Waals surface area contributed by atoms with Gasteiger partial charge >= 0.3 is 5.91 Å². The van der Waals surface area contributed by atoms with Gasteiger partial charge in [0.2, 0.25) is 0 Å². The zero-order chi connectivity index (χ0) is 7.28. The van der Waals surface area contributed by atoms with Crippen molar-refractivity contribution in [2.75, 3.05) is 6.54 Å². The van der Waals surface area contributed by atoms with Gasteiger partial charge in [-0.1, -0.05) is 6.08 Å². The first kappa shape index (κ1) is 7.97. The van der Waals surface area contributed by atoms with Crippen LogP contribution in [0.25, 0.3) is 0 Å². The lowest BCUT2D eigenvalue weighted by molar-refractivity contribution is -0.114. The van der Waals surface area contributed by atoms with Gasteiger partial charge in [0.15, 0.2) is 0 Å². The van der Waals surface area contributed by atoms with E-state index < -0.39 is 5.91 Å². The number of amides is 1. The summed E-state index contributed by atoms with van der Waals surface area (Å²) in [6, 6.07) is 0. The molecule has 1 amide bonds. The highest BCUT2D eigenvalue weighted by Crippen LogP contribution is 1.92. The molecule has 0 radical (unpaired) electrons. The largest absolute Gasteiger partial charge is 0.326 e. The van der Waals surface area contributed by atoms with Crippen molar-refractivity contribution in [1.29, 1.82) is 0 Å². The summed E-state index contributed by atoms with van der Waals surface area (Å²) >= 11 is 0. The maximum atomic E-state index is 10.3. The van der Waals surface area contributed by atoms with E-state index in [-0.39, 0.29) is 12.1 Å². The lowest BCUT2D eigenvalue weighted by atomic mass is 10.2. The fourth-order valence-corrected chi connectivity index (χ4v) is 0.387. The molecule has 0 unspecified atom stereocenters. The molecule has 0 aliphatic carbocycles. The van der Waals surface area contributed by atoms with E-state index >= 15 is 0 Å². The Hall–Kier alpha value is -1.03. The van der Waals surface area contributed by atoms with Crippen molar-refractivity contribution in [3.05, 3.63) is 16.6 Å². The highest BCUT2D eigenvalue weighted by atomic mass is 16.3. The Morgan fingerprint density at radius 1 is 1.78 bits per heavy atom. The number of nitrogens with zero attached hydrogens (tertiary/aromatic N) is 1. The Morgan fingerprint density at radius 3 is 2.44 bits per heavy atom. The third-order valence-electron chi connectivity index (χ3n) is 0.926. The lowest BCUT2D eigenvalue weighted by Crippen LogP contribution is -2.09. The zero-order valence-electron chi connectivity index (χ0n) is 5.13. The summed E-state index contributed by atoms with van der Waals surface area (Å²) in [5.74, 6) is -0.778. The van der Waals surface area contributed by atoms with Crippen molar-refractivity contribution < 1.29 is 4.79 Å². The topological polar surface area (TPSA) is 72.5 Å². The van der Waals surface area contributed by atoms with Crippen molar-refractivity contribution in [3.8, 4) is 0 Å². The average Bonchev–Trinajstić information content (AvgIpc) is 1.90. The van der Waals surface area contributed by atoms with E-state index in [1.54, 1.807) is 6.92 Å². The standard InChI is InChI=1S/C5H8N2O2/c1-2-4(3-6)5(8)7-9/h2H,3,6H2,1H3/b4-2-. The van der Waals surface area contributed by atoms with Gasteiger partial charge in [0.05, 0.1) is 0 Å². The van der Waals surface area contributed by atoms with Crippen LogP contribution in [0, 0.1) is 4.91 Å². The number of carbonyl (C=O) groups excluding carboxylic acids is 1. The maximum absolute atomic E-state index is 10.3. The Labute approximate surface area is 52.7 Å². The van der Waals surface area contributed by atoms with Crippen molar-refractivity contribution >= 4 is 5.91 Å². The van der Waals surface area contributed by atoms with Crippen LogP contribution in [-0.4, -0.2) is 12.5 Å². The number of rotatable bonds is 2. The van der Waals surface area contributed by atoms with Crippen LogP contribution in [0.3, 0.4) is 0 Å². The zero-order valence-corrected chi connectivity index (χ0v) is 5.13. The first-order chi connectivity index (χ1) is 4.26. The second-order valence-corrected chi connectivity index (χ2v) is 1.41. The Morgan fingerprint density at radius 2 is 2.33 bits per heavy atom. The van der Waals surface area contributed by atoms with E-state index in [0.29, 0.717) is 0 Å². The molecule has 0 saturated heterocycles. The molecular formula is C5H8N2O2. The van der Waals surface area contributed by atoms with Crippen LogP contribution < -0.4 is 5.73 Å². The number of hydrogen-bond donors (Lipinski definition) is 1. The number of carbonyl (C=O) groups is 1. The van der Waals surface area contributed by atoms with Crippen molar-refractivity contribution in [2.45, 2.75) is 6.92 Å². The summed E-state index contributed by atoms with van der Waals surface area (Å²) in [6.45, 7) is 1.70. The van der Waals surface area contributed by atoms with Gasteiger partial charge < -0.3 is 5.73 Å². The van der Waals surface area contributed by atoms with Gasteiger partial charge in [-0.2, -0.15) is 0 Å². The molecule has 0 heterocycles. The van der Waals surface area contributed by atoms with Gasteiger partial charge in [-0.15, -0.1) is 4.91 Å².